The van der Waals surface area contributed by atoms with Gasteiger partial charge in [0.05, 0.1) is 6.10 Å². The van der Waals surface area contributed by atoms with Gasteiger partial charge < -0.3 is 15.5 Å². The number of aryl methyl sites for hydroxylation is 2. The number of anilines is 1. The van der Waals surface area contributed by atoms with Crippen LogP contribution in [0.15, 0.2) is 0 Å². The molecule has 0 radical (unpaired) electrons. The van der Waals surface area contributed by atoms with Crippen LogP contribution in [0, 0.1) is 26.2 Å². The quantitative estimate of drug-likeness (QED) is 0.749. The predicted octanol–water partition coefficient (Wildman–Crippen LogP) is 1.34. The van der Waals surface area contributed by atoms with Crippen LogP contribution in [-0.4, -0.2) is 39.4 Å². The minimum atomic E-state index is -0.238. The number of hydrogen-bond acceptors (Lipinski definition) is 5. The van der Waals surface area contributed by atoms with E-state index in [1.54, 1.807) is 0 Å². The number of aromatic nitrogens is 2. The summed E-state index contributed by atoms with van der Waals surface area (Å²) >= 11 is 0. The van der Waals surface area contributed by atoms with Gasteiger partial charge in [-0.25, -0.2) is 9.97 Å². The zero-order valence-corrected chi connectivity index (χ0v) is 11.9. The van der Waals surface area contributed by atoms with E-state index in [-0.39, 0.29) is 18.1 Å². The molecule has 1 saturated carbocycles. The predicted molar refractivity (Wildman–Crippen MR) is 74.1 cm³/mol. The second-order valence-corrected chi connectivity index (χ2v) is 5.73. The Morgan fingerprint density at radius 3 is 2.53 bits per heavy atom. The van der Waals surface area contributed by atoms with E-state index in [9.17, 15) is 10.2 Å². The van der Waals surface area contributed by atoms with Crippen molar-refractivity contribution in [2.45, 2.75) is 46.1 Å². The summed E-state index contributed by atoms with van der Waals surface area (Å²) in [5, 5.41) is 22.1. The molecule has 0 unspecified atom stereocenters. The van der Waals surface area contributed by atoms with E-state index in [0.29, 0.717) is 12.8 Å². The molecular formula is C14H23N3O2. The summed E-state index contributed by atoms with van der Waals surface area (Å²) in [4.78, 5) is 8.72. The molecule has 5 nitrogen and oxygen atoms in total. The fourth-order valence-corrected chi connectivity index (χ4v) is 2.74. The minimum absolute atomic E-state index is 0.0998. The maximum absolute atomic E-state index is 9.43. The topological polar surface area (TPSA) is 78.3 Å². The fourth-order valence-electron chi connectivity index (χ4n) is 2.74. The van der Waals surface area contributed by atoms with Crippen molar-refractivity contribution in [1.82, 2.24) is 9.97 Å². The smallest absolute Gasteiger partial charge is 0.132 e. The van der Waals surface area contributed by atoms with E-state index in [4.69, 9.17) is 0 Å². The Hall–Kier alpha value is -1.20. The molecule has 1 aliphatic carbocycles. The Bertz CT molecular complexity index is 456. The Labute approximate surface area is 114 Å². The van der Waals surface area contributed by atoms with Gasteiger partial charge in [0.1, 0.15) is 11.6 Å². The molecule has 106 valence electrons. The average Bonchev–Trinajstić information content (AvgIpc) is 2.32. The highest BCUT2D eigenvalue weighted by molar-refractivity contribution is 5.45. The van der Waals surface area contributed by atoms with Crippen LogP contribution in [0.4, 0.5) is 5.82 Å². The Morgan fingerprint density at radius 2 is 1.95 bits per heavy atom. The SMILES string of the molecule is Cc1nc(C)c(C)c(NCCC2(CO)CC(O)C2)n1. The van der Waals surface area contributed by atoms with Gasteiger partial charge in [-0.05, 0) is 40.0 Å². The van der Waals surface area contributed by atoms with Gasteiger partial charge in [0.2, 0.25) is 0 Å². The van der Waals surface area contributed by atoms with Crippen LogP contribution < -0.4 is 5.32 Å². The van der Waals surface area contributed by atoms with E-state index in [1.807, 2.05) is 20.8 Å². The molecule has 0 bridgehead atoms. The van der Waals surface area contributed by atoms with Crippen LogP contribution in [0.5, 0.6) is 0 Å². The molecule has 1 fully saturated rings. The molecule has 0 aromatic carbocycles. The van der Waals surface area contributed by atoms with Crippen molar-refractivity contribution in [2.24, 2.45) is 5.41 Å². The number of rotatable bonds is 5. The summed E-state index contributed by atoms with van der Waals surface area (Å²) in [6.07, 6.45) is 2.01. The van der Waals surface area contributed by atoms with Crippen LogP contribution in [0.1, 0.15) is 36.3 Å². The van der Waals surface area contributed by atoms with E-state index < -0.39 is 0 Å². The summed E-state index contributed by atoms with van der Waals surface area (Å²) in [6.45, 7) is 6.77. The molecule has 1 aromatic rings. The Kier molecular flexibility index (Phi) is 4.06. The van der Waals surface area contributed by atoms with Crippen molar-refractivity contribution in [3.63, 3.8) is 0 Å². The number of nitrogens with zero attached hydrogens (tertiary/aromatic N) is 2. The molecule has 2 rings (SSSR count). The van der Waals surface area contributed by atoms with E-state index >= 15 is 0 Å². The fraction of sp³-hybridized carbons (Fsp3) is 0.714. The van der Waals surface area contributed by atoms with E-state index in [2.05, 4.69) is 15.3 Å². The molecule has 1 aliphatic rings. The summed E-state index contributed by atoms with van der Waals surface area (Å²) in [5.74, 6) is 1.64. The van der Waals surface area contributed by atoms with E-state index in [1.165, 1.54) is 0 Å². The first-order chi connectivity index (χ1) is 8.96. The normalized spacial score (nSPS) is 26.1. The lowest BCUT2D eigenvalue weighted by molar-refractivity contribution is -0.0667. The Balaban J connectivity index is 1.93. The first-order valence-electron chi connectivity index (χ1n) is 6.80. The molecule has 3 N–H and O–H groups in total. The van der Waals surface area contributed by atoms with E-state index in [0.717, 1.165) is 35.9 Å². The van der Waals surface area contributed by atoms with Crippen molar-refractivity contribution >= 4 is 5.82 Å². The maximum atomic E-state index is 9.43. The lowest BCUT2D eigenvalue weighted by atomic mass is 9.65. The average molecular weight is 265 g/mol. The zero-order valence-electron chi connectivity index (χ0n) is 11.9. The molecule has 0 atom stereocenters. The zero-order chi connectivity index (χ0) is 14.0. The van der Waals surface area contributed by atoms with Gasteiger partial charge in [-0.2, -0.15) is 0 Å². The second-order valence-electron chi connectivity index (χ2n) is 5.73. The summed E-state index contributed by atoms with van der Waals surface area (Å²) in [7, 11) is 0. The standard InChI is InChI=1S/C14H23N3O2/c1-9-10(2)16-11(3)17-13(9)15-5-4-14(8-18)6-12(19)7-14/h12,18-19H,4-8H2,1-3H3,(H,15,16,17). The molecule has 19 heavy (non-hydrogen) atoms. The molecule has 1 aromatic heterocycles. The third-order valence-corrected chi connectivity index (χ3v) is 4.12. The number of nitrogens with one attached hydrogen (secondary N) is 1. The number of hydrogen-bond donors (Lipinski definition) is 3. The molecular weight excluding hydrogens is 242 g/mol. The molecule has 0 saturated heterocycles. The maximum Gasteiger partial charge on any atom is 0.132 e. The molecule has 0 amide bonds. The number of aliphatic hydroxyl groups excluding tert-OH is 2. The number of aliphatic hydroxyl groups is 2. The molecule has 5 heteroatoms. The van der Waals surface area contributed by atoms with Gasteiger partial charge in [-0.15, -0.1) is 0 Å². The van der Waals surface area contributed by atoms with Crippen LogP contribution in [0.25, 0.3) is 0 Å². The van der Waals surface area contributed by atoms with Gasteiger partial charge in [-0.3, -0.25) is 0 Å². The Morgan fingerprint density at radius 1 is 1.26 bits per heavy atom. The van der Waals surface area contributed by atoms with Crippen LogP contribution in [0.3, 0.4) is 0 Å². The van der Waals surface area contributed by atoms with Crippen LogP contribution in [0.2, 0.25) is 0 Å². The van der Waals surface area contributed by atoms with Crippen LogP contribution >= 0.6 is 0 Å². The first-order valence-corrected chi connectivity index (χ1v) is 6.80. The van der Waals surface area contributed by atoms with Crippen molar-refractivity contribution in [3.8, 4) is 0 Å². The molecule has 0 spiro atoms. The monoisotopic (exact) mass is 265 g/mol. The second kappa shape index (κ2) is 5.43. The minimum Gasteiger partial charge on any atom is -0.396 e. The molecule has 1 heterocycles. The highest BCUT2D eigenvalue weighted by atomic mass is 16.3. The molecule has 0 aliphatic heterocycles. The van der Waals surface area contributed by atoms with Crippen molar-refractivity contribution in [3.05, 3.63) is 17.1 Å². The van der Waals surface area contributed by atoms with Crippen molar-refractivity contribution < 1.29 is 10.2 Å². The van der Waals surface area contributed by atoms with Gasteiger partial charge in [0.25, 0.3) is 0 Å². The highest BCUT2D eigenvalue weighted by Crippen LogP contribution is 2.43. The third kappa shape index (κ3) is 3.04. The summed E-state index contributed by atoms with van der Waals surface area (Å²) in [5.41, 5.74) is 1.96. The highest BCUT2D eigenvalue weighted by Gasteiger charge is 2.42. The van der Waals surface area contributed by atoms with Crippen LogP contribution in [-0.2, 0) is 0 Å². The summed E-state index contributed by atoms with van der Waals surface area (Å²) in [6, 6.07) is 0. The first kappa shape index (κ1) is 14.2. The van der Waals surface area contributed by atoms with Crippen molar-refractivity contribution in [2.75, 3.05) is 18.5 Å². The van der Waals surface area contributed by atoms with Crippen molar-refractivity contribution in [1.29, 1.82) is 0 Å². The lowest BCUT2D eigenvalue weighted by Crippen LogP contribution is -2.44. The van der Waals surface area contributed by atoms with Gasteiger partial charge in [0.15, 0.2) is 0 Å². The lowest BCUT2D eigenvalue weighted by Gasteiger charge is -2.44. The van der Waals surface area contributed by atoms with Gasteiger partial charge in [-0.1, -0.05) is 0 Å². The van der Waals surface area contributed by atoms with Gasteiger partial charge >= 0.3 is 0 Å². The largest absolute Gasteiger partial charge is 0.396 e. The summed E-state index contributed by atoms with van der Waals surface area (Å²) < 4.78 is 0. The third-order valence-electron chi connectivity index (χ3n) is 4.12. The van der Waals surface area contributed by atoms with Gasteiger partial charge in [0, 0.05) is 29.8 Å².